The topological polar surface area (TPSA) is 81.7 Å². The third kappa shape index (κ3) is 5.01. The van der Waals surface area contributed by atoms with Crippen LogP contribution in [-0.4, -0.2) is 64.6 Å². The molecule has 1 N–H and O–H groups in total. The lowest BCUT2D eigenvalue weighted by Gasteiger charge is -2.29. The van der Waals surface area contributed by atoms with Crippen molar-refractivity contribution in [1.82, 2.24) is 19.8 Å². The van der Waals surface area contributed by atoms with Crippen LogP contribution in [-0.2, 0) is 17.8 Å². The number of anilines is 3. The minimum Gasteiger partial charge on any atom is -0.348 e. The number of para-hydroxylation sites is 1. The maximum absolute atomic E-state index is 13.1. The number of fused-ring (bicyclic) bond motifs is 2. The molecular formula is C25H24Cl2N6O2S. The van der Waals surface area contributed by atoms with Crippen molar-refractivity contribution in [3.05, 3.63) is 69.3 Å². The van der Waals surface area contributed by atoms with E-state index in [0.29, 0.717) is 44.7 Å². The molecule has 0 saturated carbocycles. The van der Waals surface area contributed by atoms with E-state index in [0.717, 1.165) is 25.2 Å². The van der Waals surface area contributed by atoms with Crippen LogP contribution in [0.3, 0.4) is 0 Å². The summed E-state index contributed by atoms with van der Waals surface area (Å²) >= 11 is 14.1. The molecule has 36 heavy (non-hydrogen) atoms. The zero-order valence-corrected chi connectivity index (χ0v) is 22.1. The van der Waals surface area contributed by atoms with Gasteiger partial charge in [-0.2, -0.15) is 0 Å². The SMILES string of the molecule is CN(C)C(=O)CN1CCc2cc(Nc3ncc4c(n3)SCN(c3c(Cl)cccc3Cl)C4=O)ccc2C1. The molecule has 0 spiro atoms. The largest absolute Gasteiger partial charge is 0.348 e. The Morgan fingerprint density at radius 2 is 1.94 bits per heavy atom. The zero-order valence-electron chi connectivity index (χ0n) is 19.8. The summed E-state index contributed by atoms with van der Waals surface area (Å²) in [7, 11) is 3.56. The minimum absolute atomic E-state index is 0.107. The minimum atomic E-state index is -0.239. The molecule has 2 aromatic carbocycles. The number of rotatable bonds is 5. The van der Waals surface area contributed by atoms with E-state index < -0.39 is 0 Å². The Hall–Kier alpha value is -2.85. The summed E-state index contributed by atoms with van der Waals surface area (Å²) in [5, 5.41) is 4.70. The van der Waals surface area contributed by atoms with Gasteiger partial charge in [-0.1, -0.05) is 47.1 Å². The predicted octanol–water partition coefficient (Wildman–Crippen LogP) is 4.68. The van der Waals surface area contributed by atoms with Gasteiger partial charge in [0.05, 0.1) is 33.7 Å². The van der Waals surface area contributed by atoms with Crippen LogP contribution in [0.25, 0.3) is 0 Å². The lowest BCUT2D eigenvalue weighted by molar-refractivity contribution is -0.130. The fraction of sp³-hybridized carbons (Fsp3) is 0.280. The first kappa shape index (κ1) is 24.8. The molecule has 1 aromatic heterocycles. The number of hydrogen-bond donors (Lipinski definition) is 1. The van der Waals surface area contributed by atoms with Crippen LogP contribution in [0.4, 0.5) is 17.3 Å². The van der Waals surface area contributed by atoms with Crippen LogP contribution in [0.1, 0.15) is 21.5 Å². The van der Waals surface area contributed by atoms with Gasteiger partial charge in [-0.05, 0) is 41.8 Å². The smallest absolute Gasteiger partial charge is 0.263 e. The van der Waals surface area contributed by atoms with Crippen LogP contribution < -0.4 is 10.2 Å². The molecule has 11 heteroatoms. The number of likely N-dealkylation sites (N-methyl/N-ethyl adjacent to an activating group) is 1. The molecule has 186 valence electrons. The molecular weight excluding hydrogens is 519 g/mol. The highest BCUT2D eigenvalue weighted by atomic mass is 35.5. The summed E-state index contributed by atoms with van der Waals surface area (Å²) in [6.45, 7) is 2.00. The lowest BCUT2D eigenvalue weighted by Crippen LogP contribution is -2.39. The number of halogens is 2. The molecule has 0 saturated heterocycles. The standard InChI is InChI=1S/C25H24Cl2N6O2S/c1-31(2)21(34)13-32-9-8-15-10-17(7-6-16(15)12-32)29-25-28-11-18-23(30-25)36-14-33(24(18)35)22-19(26)4-3-5-20(22)27/h3-7,10-11H,8-9,12-14H2,1-2H3,(H,28,29,30). The van der Waals surface area contributed by atoms with Crippen LogP contribution in [0.2, 0.25) is 10.0 Å². The highest BCUT2D eigenvalue weighted by Gasteiger charge is 2.30. The van der Waals surface area contributed by atoms with Crippen molar-refractivity contribution in [2.24, 2.45) is 0 Å². The summed E-state index contributed by atoms with van der Waals surface area (Å²) in [5.74, 6) is 0.636. The molecule has 2 aliphatic heterocycles. The number of carbonyl (C=O) groups is 2. The average molecular weight is 543 g/mol. The number of amides is 2. The van der Waals surface area contributed by atoms with Crippen molar-refractivity contribution in [2.45, 2.75) is 18.0 Å². The quantitative estimate of drug-likeness (QED) is 0.468. The molecule has 0 radical (unpaired) electrons. The number of thioether (sulfide) groups is 1. The van der Waals surface area contributed by atoms with Gasteiger partial charge in [0.25, 0.3) is 5.91 Å². The molecule has 2 amide bonds. The fourth-order valence-electron chi connectivity index (χ4n) is 4.21. The third-order valence-corrected chi connectivity index (χ3v) is 7.76. The van der Waals surface area contributed by atoms with E-state index in [1.165, 1.54) is 29.1 Å². The Labute approximate surface area is 223 Å². The molecule has 3 heterocycles. The van der Waals surface area contributed by atoms with Crippen LogP contribution >= 0.6 is 35.0 Å². The molecule has 0 fully saturated rings. The summed E-state index contributed by atoms with van der Waals surface area (Å²) in [4.78, 5) is 39.5. The highest BCUT2D eigenvalue weighted by Crippen LogP contribution is 2.39. The Kier molecular flexibility index (Phi) is 7.07. The van der Waals surface area contributed by atoms with Gasteiger partial charge in [0.1, 0.15) is 5.03 Å². The molecule has 0 atom stereocenters. The van der Waals surface area contributed by atoms with E-state index in [9.17, 15) is 9.59 Å². The first-order valence-electron chi connectivity index (χ1n) is 11.4. The number of benzene rings is 2. The van der Waals surface area contributed by atoms with E-state index in [-0.39, 0.29) is 11.8 Å². The van der Waals surface area contributed by atoms with Crippen molar-refractivity contribution < 1.29 is 9.59 Å². The zero-order chi connectivity index (χ0) is 25.4. The summed E-state index contributed by atoms with van der Waals surface area (Å²) < 4.78 is 0. The highest BCUT2D eigenvalue weighted by molar-refractivity contribution is 7.99. The lowest BCUT2D eigenvalue weighted by atomic mass is 9.99. The Bertz CT molecular complexity index is 1330. The van der Waals surface area contributed by atoms with Crippen molar-refractivity contribution in [2.75, 3.05) is 43.3 Å². The maximum Gasteiger partial charge on any atom is 0.263 e. The summed E-state index contributed by atoms with van der Waals surface area (Å²) in [6, 6.07) is 11.3. The van der Waals surface area contributed by atoms with E-state index in [2.05, 4.69) is 32.3 Å². The number of carbonyl (C=O) groups excluding carboxylic acids is 2. The Morgan fingerprint density at radius 1 is 1.17 bits per heavy atom. The van der Waals surface area contributed by atoms with E-state index >= 15 is 0 Å². The molecule has 0 aliphatic carbocycles. The van der Waals surface area contributed by atoms with E-state index in [1.807, 2.05) is 6.07 Å². The number of aromatic nitrogens is 2. The van der Waals surface area contributed by atoms with Crippen molar-refractivity contribution in [1.29, 1.82) is 0 Å². The van der Waals surface area contributed by atoms with Crippen molar-refractivity contribution >= 4 is 64.1 Å². The normalized spacial score (nSPS) is 15.3. The Balaban J connectivity index is 1.29. The first-order chi connectivity index (χ1) is 17.3. The Morgan fingerprint density at radius 3 is 2.69 bits per heavy atom. The van der Waals surface area contributed by atoms with Gasteiger partial charge >= 0.3 is 0 Å². The average Bonchev–Trinajstić information content (AvgIpc) is 2.85. The van der Waals surface area contributed by atoms with Crippen LogP contribution in [0.5, 0.6) is 0 Å². The number of nitrogens with one attached hydrogen (secondary N) is 1. The number of nitrogens with zero attached hydrogens (tertiary/aromatic N) is 5. The molecule has 0 bridgehead atoms. The van der Waals surface area contributed by atoms with Gasteiger partial charge in [-0.3, -0.25) is 19.4 Å². The van der Waals surface area contributed by atoms with Gasteiger partial charge in [0, 0.05) is 39.1 Å². The number of hydrogen-bond acceptors (Lipinski definition) is 7. The predicted molar refractivity (Wildman–Crippen MR) is 143 cm³/mol. The van der Waals surface area contributed by atoms with Gasteiger partial charge in [-0.25, -0.2) is 9.97 Å². The molecule has 8 nitrogen and oxygen atoms in total. The van der Waals surface area contributed by atoms with Crippen LogP contribution in [0, 0.1) is 0 Å². The second-order valence-corrected chi connectivity index (χ2v) is 10.6. The van der Waals surface area contributed by atoms with E-state index in [1.54, 1.807) is 42.1 Å². The molecule has 0 unspecified atom stereocenters. The monoisotopic (exact) mass is 542 g/mol. The summed E-state index contributed by atoms with van der Waals surface area (Å²) in [5.41, 5.74) is 4.23. The van der Waals surface area contributed by atoms with Gasteiger partial charge < -0.3 is 10.2 Å². The van der Waals surface area contributed by atoms with Crippen molar-refractivity contribution in [3.8, 4) is 0 Å². The summed E-state index contributed by atoms with van der Waals surface area (Å²) in [6.07, 6.45) is 2.40. The second-order valence-electron chi connectivity index (χ2n) is 8.85. The first-order valence-corrected chi connectivity index (χ1v) is 13.1. The third-order valence-electron chi connectivity index (χ3n) is 6.18. The van der Waals surface area contributed by atoms with E-state index in [4.69, 9.17) is 23.2 Å². The maximum atomic E-state index is 13.1. The molecule has 3 aromatic rings. The molecule has 5 rings (SSSR count). The van der Waals surface area contributed by atoms with Gasteiger partial charge in [0.2, 0.25) is 11.9 Å². The molecule has 2 aliphatic rings. The van der Waals surface area contributed by atoms with Gasteiger partial charge in [0.15, 0.2) is 0 Å². The van der Waals surface area contributed by atoms with Crippen molar-refractivity contribution in [3.63, 3.8) is 0 Å². The van der Waals surface area contributed by atoms with Gasteiger partial charge in [-0.15, -0.1) is 0 Å². The van der Waals surface area contributed by atoms with Crippen LogP contribution in [0.15, 0.2) is 47.6 Å². The second kappa shape index (κ2) is 10.3. The fourth-order valence-corrected chi connectivity index (χ4v) is 5.76.